The molecule has 0 radical (unpaired) electrons. The van der Waals surface area contributed by atoms with Crippen molar-refractivity contribution in [1.29, 1.82) is 0 Å². The molecule has 2 nitrogen and oxygen atoms in total. The van der Waals surface area contributed by atoms with E-state index in [2.05, 4.69) is 4.90 Å². The van der Waals surface area contributed by atoms with Crippen molar-refractivity contribution in [2.45, 2.75) is 51.0 Å². The molecule has 3 heteroatoms. The summed E-state index contributed by atoms with van der Waals surface area (Å²) in [4.78, 5) is 2.57. The van der Waals surface area contributed by atoms with Crippen LogP contribution in [-0.2, 0) is 0 Å². The predicted molar refractivity (Wildman–Crippen MR) is 72.5 cm³/mol. The lowest BCUT2D eigenvalue weighted by Gasteiger charge is -2.48. The van der Waals surface area contributed by atoms with Crippen LogP contribution in [0.4, 0.5) is 0 Å². The lowest BCUT2D eigenvalue weighted by molar-refractivity contribution is -0.0559. The summed E-state index contributed by atoms with van der Waals surface area (Å²) < 4.78 is 0. The van der Waals surface area contributed by atoms with Crippen molar-refractivity contribution in [2.75, 3.05) is 19.6 Å². The van der Waals surface area contributed by atoms with E-state index in [1.54, 1.807) is 0 Å². The van der Waals surface area contributed by atoms with E-state index in [1.807, 2.05) is 0 Å². The van der Waals surface area contributed by atoms with Crippen molar-refractivity contribution in [3.05, 3.63) is 0 Å². The SMILES string of the molecule is Cl.OC(C1CCCCC1)C1CN2CCC1CC2. The number of aliphatic hydroxyl groups excluding tert-OH is 1. The van der Waals surface area contributed by atoms with Gasteiger partial charge in [0.05, 0.1) is 6.10 Å². The second kappa shape index (κ2) is 5.90. The van der Waals surface area contributed by atoms with Crippen LogP contribution in [-0.4, -0.2) is 35.7 Å². The molecule has 3 heterocycles. The lowest BCUT2D eigenvalue weighted by Crippen LogP contribution is -2.52. The Morgan fingerprint density at radius 3 is 2.12 bits per heavy atom. The van der Waals surface area contributed by atoms with Gasteiger partial charge in [-0.3, -0.25) is 0 Å². The molecule has 0 aromatic rings. The van der Waals surface area contributed by atoms with Crippen LogP contribution in [0.3, 0.4) is 0 Å². The average molecular weight is 260 g/mol. The van der Waals surface area contributed by atoms with Crippen molar-refractivity contribution in [3.63, 3.8) is 0 Å². The van der Waals surface area contributed by atoms with E-state index in [0.29, 0.717) is 11.8 Å². The Morgan fingerprint density at radius 1 is 0.941 bits per heavy atom. The van der Waals surface area contributed by atoms with E-state index in [-0.39, 0.29) is 18.5 Å². The summed E-state index contributed by atoms with van der Waals surface area (Å²) in [5.41, 5.74) is 0. The number of rotatable bonds is 2. The average Bonchev–Trinajstić information content (AvgIpc) is 2.40. The molecule has 4 rings (SSSR count). The van der Waals surface area contributed by atoms with Crippen LogP contribution in [0.25, 0.3) is 0 Å². The summed E-state index contributed by atoms with van der Waals surface area (Å²) in [5.74, 6) is 2.06. The minimum Gasteiger partial charge on any atom is -0.392 e. The van der Waals surface area contributed by atoms with Gasteiger partial charge in [-0.25, -0.2) is 0 Å². The summed E-state index contributed by atoms with van der Waals surface area (Å²) in [6.07, 6.45) is 9.35. The van der Waals surface area contributed by atoms with Crippen LogP contribution in [0.1, 0.15) is 44.9 Å². The zero-order valence-corrected chi connectivity index (χ0v) is 11.5. The summed E-state index contributed by atoms with van der Waals surface area (Å²) in [6, 6.07) is 0. The molecule has 0 aromatic carbocycles. The third kappa shape index (κ3) is 2.80. The van der Waals surface area contributed by atoms with E-state index >= 15 is 0 Å². The third-order valence-corrected chi connectivity index (χ3v) is 5.28. The minimum absolute atomic E-state index is 0. The zero-order valence-electron chi connectivity index (χ0n) is 10.7. The molecule has 2 unspecified atom stereocenters. The summed E-state index contributed by atoms with van der Waals surface area (Å²) in [7, 11) is 0. The minimum atomic E-state index is 0. The van der Waals surface area contributed by atoms with Gasteiger partial charge >= 0.3 is 0 Å². The molecule has 0 spiro atoms. The smallest absolute Gasteiger partial charge is 0.0611 e. The number of hydrogen-bond acceptors (Lipinski definition) is 2. The van der Waals surface area contributed by atoms with E-state index < -0.39 is 0 Å². The molecule has 2 bridgehead atoms. The van der Waals surface area contributed by atoms with Gasteiger partial charge in [0.25, 0.3) is 0 Å². The van der Waals surface area contributed by atoms with Gasteiger partial charge < -0.3 is 10.0 Å². The van der Waals surface area contributed by atoms with Gasteiger partial charge in [0.2, 0.25) is 0 Å². The summed E-state index contributed by atoms with van der Waals surface area (Å²) in [5, 5.41) is 10.6. The van der Waals surface area contributed by atoms with Crippen LogP contribution in [0.15, 0.2) is 0 Å². The highest BCUT2D eigenvalue weighted by Gasteiger charge is 2.40. The standard InChI is InChI=1S/C14H25NO.ClH/c16-14(12-4-2-1-3-5-12)13-10-15-8-6-11(13)7-9-15;/h11-14,16H,1-10H2;1H. The largest absolute Gasteiger partial charge is 0.392 e. The van der Waals surface area contributed by atoms with Crippen molar-refractivity contribution in [3.8, 4) is 0 Å². The Morgan fingerprint density at radius 2 is 1.59 bits per heavy atom. The maximum Gasteiger partial charge on any atom is 0.0611 e. The van der Waals surface area contributed by atoms with Gasteiger partial charge in [-0.05, 0) is 50.6 Å². The monoisotopic (exact) mass is 259 g/mol. The number of halogens is 1. The van der Waals surface area contributed by atoms with Gasteiger partial charge in [-0.2, -0.15) is 0 Å². The van der Waals surface area contributed by atoms with E-state index in [9.17, 15) is 5.11 Å². The molecule has 17 heavy (non-hydrogen) atoms. The zero-order chi connectivity index (χ0) is 11.0. The Labute approximate surface area is 111 Å². The molecule has 0 aromatic heterocycles. The Hall–Kier alpha value is 0.210. The Bertz CT molecular complexity index is 234. The first kappa shape index (κ1) is 13.6. The molecule has 3 aliphatic heterocycles. The van der Waals surface area contributed by atoms with Crippen LogP contribution in [0, 0.1) is 17.8 Å². The first-order valence-corrected chi connectivity index (χ1v) is 7.25. The van der Waals surface area contributed by atoms with Crippen molar-refractivity contribution < 1.29 is 5.11 Å². The fourth-order valence-corrected chi connectivity index (χ4v) is 4.22. The first-order valence-electron chi connectivity index (χ1n) is 7.25. The summed E-state index contributed by atoms with van der Waals surface area (Å²) in [6.45, 7) is 3.76. The van der Waals surface area contributed by atoms with E-state index in [4.69, 9.17) is 0 Å². The fraction of sp³-hybridized carbons (Fsp3) is 1.00. The van der Waals surface area contributed by atoms with Gasteiger partial charge in [0, 0.05) is 12.5 Å². The maximum atomic E-state index is 10.6. The molecule has 0 amide bonds. The molecule has 4 aliphatic rings. The Balaban J connectivity index is 0.00000108. The second-order valence-corrected chi connectivity index (χ2v) is 6.19. The highest BCUT2D eigenvalue weighted by Crippen LogP contribution is 2.39. The highest BCUT2D eigenvalue weighted by atomic mass is 35.5. The van der Waals surface area contributed by atoms with Crippen LogP contribution in [0.5, 0.6) is 0 Å². The third-order valence-electron chi connectivity index (χ3n) is 5.28. The van der Waals surface area contributed by atoms with Gasteiger partial charge in [-0.1, -0.05) is 19.3 Å². The topological polar surface area (TPSA) is 23.5 Å². The molecule has 4 fully saturated rings. The molecular formula is C14H26ClNO. The van der Waals surface area contributed by atoms with Crippen LogP contribution < -0.4 is 0 Å². The van der Waals surface area contributed by atoms with Crippen molar-refractivity contribution >= 4 is 12.4 Å². The number of hydrogen-bond donors (Lipinski definition) is 1. The van der Waals surface area contributed by atoms with Gasteiger partial charge in [0.1, 0.15) is 0 Å². The van der Waals surface area contributed by atoms with E-state index in [0.717, 1.165) is 5.92 Å². The second-order valence-electron chi connectivity index (χ2n) is 6.19. The number of aliphatic hydroxyl groups is 1. The number of piperidine rings is 3. The van der Waals surface area contributed by atoms with Gasteiger partial charge in [-0.15, -0.1) is 12.4 Å². The van der Waals surface area contributed by atoms with Crippen LogP contribution in [0.2, 0.25) is 0 Å². The van der Waals surface area contributed by atoms with Crippen molar-refractivity contribution in [1.82, 2.24) is 4.90 Å². The number of fused-ring (bicyclic) bond motifs is 3. The normalized spacial score (nSPS) is 39.7. The predicted octanol–water partition coefficient (Wildman–Crippen LogP) is 2.69. The Kier molecular flexibility index (Phi) is 4.73. The molecule has 1 N–H and O–H groups in total. The fourth-order valence-electron chi connectivity index (χ4n) is 4.22. The molecule has 3 saturated heterocycles. The number of nitrogens with zero attached hydrogens (tertiary/aromatic N) is 1. The molecule has 1 aliphatic carbocycles. The molecule has 100 valence electrons. The molecule has 2 atom stereocenters. The van der Waals surface area contributed by atoms with Gasteiger partial charge in [0.15, 0.2) is 0 Å². The summed E-state index contributed by atoms with van der Waals surface area (Å²) >= 11 is 0. The molecular weight excluding hydrogens is 234 g/mol. The molecule has 1 saturated carbocycles. The van der Waals surface area contributed by atoms with Crippen LogP contribution >= 0.6 is 12.4 Å². The quantitative estimate of drug-likeness (QED) is 0.824. The van der Waals surface area contributed by atoms with Crippen molar-refractivity contribution in [2.24, 2.45) is 17.8 Å². The van der Waals surface area contributed by atoms with E-state index in [1.165, 1.54) is 64.6 Å². The highest BCUT2D eigenvalue weighted by molar-refractivity contribution is 5.85. The first-order chi connectivity index (χ1) is 7.84. The lowest BCUT2D eigenvalue weighted by atomic mass is 9.70. The maximum absolute atomic E-state index is 10.6.